The van der Waals surface area contributed by atoms with Crippen molar-refractivity contribution in [3.05, 3.63) is 29.8 Å². The molecule has 3 rings (SSSR count). The molecule has 13 nitrogen and oxygen atoms in total. The molecule has 8 N–H and O–H groups in total. The molecular formula is C19H26O13. The van der Waals surface area contributed by atoms with Gasteiger partial charge in [0.05, 0.1) is 18.8 Å². The van der Waals surface area contributed by atoms with Gasteiger partial charge in [-0.2, -0.15) is 0 Å². The van der Waals surface area contributed by atoms with Crippen molar-refractivity contribution in [2.45, 2.75) is 54.8 Å². The van der Waals surface area contributed by atoms with E-state index in [4.69, 9.17) is 18.9 Å². The average Bonchev–Trinajstić information content (AvgIpc) is 3.03. The second-order valence-electron chi connectivity index (χ2n) is 7.49. The van der Waals surface area contributed by atoms with Gasteiger partial charge in [0.2, 0.25) is 5.79 Å². The lowest BCUT2D eigenvalue weighted by Crippen LogP contribution is -2.63. The highest BCUT2D eigenvalue weighted by Crippen LogP contribution is 2.36. The van der Waals surface area contributed by atoms with Crippen molar-refractivity contribution >= 4 is 5.97 Å². The van der Waals surface area contributed by atoms with Crippen LogP contribution in [0, 0.1) is 0 Å². The predicted octanol–water partition coefficient (Wildman–Crippen LogP) is -3.83. The molecule has 0 spiro atoms. The van der Waals surface area contributed by atoms with Crippen LogP contribution in [0.5, 0.6) is 5.75 Å². The van der Waals surface area contributed by atoms with E-state index < -0.39 is 80.6 Å². The molecule has 0 radical (unpaired) electrons. The summed E-state index contributed by atoms with van der Waals surface area (Å²) in [7, 11) is 0. The summed E-state index contributed by atoms with van der Waals surface area (Å²) in [6.07, 6.45) is -13.3. The van der Waals surface area contributed by atoms with Crippen LogP contribution in [0.3, 0.4) is 0 Å². The first kappa shape index (κ1) is 24.7. The van der Waals surface area contributed by atoms with Crippen molar-refractivity contribution in [1.82, 2.24) is 0 Å². The molecule has 0 unspecified atom stereocenters. The summed E-state index contributed by atoms with van der Waals surface area (Å²) in [6.45, 7) is -2.53. The number of carbonyl (C=O) groups excluding carboxylic acids is 1. The summed E-state index contributed by atoms with van der Waals surface area (Å²) in [6, 6.07) is 4.94. The molecule has 32 heavy (non-hydrogen) atoms. The molecule has 0 saturated carbocycles. The number of benzene rings is 1. The van der Waals surface area contributed by atoms with Crippen molar-refractivity contribution < 1.29 is 64.6 Å². The van der Waals surface area contributed by atoms with Gasteiger partial charge in [0.15, 0.2) is 12.4 Å². The summed E-state index contributed by atoms with van der Waals surface area (Å²) in [5.74, 6) is -3.41. The van der Waals surface area contributed by atoms with E-state index in [1.54, 1.807) is 0 Å². The van der Waals surface area contributed by atoms with Gasteiger partial charge in [0, 0.05) is 0 Å². The molecule has 13 heteroatoms. The van der Waals surface area contributed by atoms with Crippen molar-refractivity contribution in [3.8, 4) is 5.75 Å². The fourth-order valence-corrected chi connectivity index (χ4v) is 3.55. The first-order valence-electron chi connectivity index (χ1n) is 9.73. The normalized spacial score (nSPS) is 39.7. The molecule has 2 aliphatic rings. The van der Waals surface area contributed by atoms with E-state index in [1.807, 2.05) is 0 Å². The first-order valence-corrected chi connectivity index (χ1v) is 9.73. The number of hydrogen-bond acceptors (Lipinski definition) is 13. The van der Waals surface area contributed by atoms with Crippen LogP contribution in [-0.4, -0.2) is 121 Å². The summed E-state index contributed by atoms with van der Waals surface area (Å²) in [4.78, 5) is 12.4. The number of aliphatic hydroxyl groups is 7. The van der Waals surface area contributed by atoms with E-state index in [0.29, 0.717) is 0 Å². The summed E-state index contributed by atoms with van der Waals surface area (Å²) in [5, 5.41) is 79.2. The van der Waals surface area contributed by atoms with Crippen LogP contribution in [0.25, 0.3) is 0 Å². The number of ether oxygens (including phenoxy) is 4. The van der Waals surface area contributed by atoms with Crippen LogP contribution in [0.1, 0.15) is 10.4 Å². The van der Waals surface area contributed by atoms with Crippen molar-refractivity contribution in [3.63, 3.8) is 0 Å². The zero-order valence-electron chi connectivity index (χ0n) is 16.7. The lowest BCUT2D eigenvalue weighted by atomic mass is 9.98. The summed E-state index contributed by atoms with van der Waals surface area (Å²) in [5.41, 5.74) is -0.0120. The molecule has 0 aliphatic carbocycles. The molecule has 2 fully saturated rings. The highest BCUT2D eigenvalue weighted by molar-refractivity contribution is 5.89. The SMILES string of the molecule is O=C(O[C@@H]1[C@@H](O)[C@@H](O[C@]2(CO)O[C@H](CO)[C@@H](O)[C@@H]2O)O[C@H](CO)[C@H]1O)c1ccc(O)cc1. The highest BCUT2D eigenvalue weighted by atomic mass is 16.8. The molecule has 0 bridgehead atoms. The topological polar surface area (TPSA) is 216 Å². The van der Waals surface area contributed by atoms with E-state index in [-0.39, 0.29) is 11.3 Å². The van der Waals surface area contributed by atoms with Crippen molar-refractivity contribution in [2.24, 2.45) is 0 Å². The average molecular weight is 462 g/mol. The highest BCUT2D eigenvalue weighted by Gasteiger charge is 2.58. The van der Waals surface area contributed by atoms with E-state index >= 15 is 0 Å². The molecular weight excluding hydrogens is 436 g/mol. The molecule has 9 atom stereocenters. The minimum absolute atomic E-state index is 0.0120. The number of carbonyl (C=O) groups is 1. The van der Waals surface area contributed by atoms with Crippen LogP contribution < -0.4 is 0 Å². The Morgan fingerprint density at radius 2 is 1.56 bits per heavy atom. The van der Waals surface area contributed by atoms with Gasteiger partial charge in [-0.15, -0.1) is 0 Å². The molecule has 2 saturated heterocycles. The van der Waals surface area contributed by atoms with Gasteiger partial charge in [-0.3, -0.25) is 0 Å². The minimum Gasteiger partial charge on any atom is -0.508 e. The number of aliphatic hydroxyl groups excluding tert-OH is 7. The Balaban J connectivity index is 1.81. The van der Waals surface area contributed by atoms with Crippen LogP contribution >= 0.6 is 0 Å². The maximum atomic E-state index is 12.4. The van der Waals surface area contributed by atoms with Crippen LogP contribution in [0.2, 0.25) is 0 Å². The summed E-state index contributed by atoms with van der Waals surface area (Å²) < 4.78 is 21.1. The van der Waals surface area contributed by atoms with Gasteiger partial charge in [-0.25, -0.2) is 4.79 Å². The van der Waals surface area contributed by atoms with Gasteiger partial charge in [0.25, 0.3) is 0 Å². The Labute approximate surface area is 181 Å². The van der Waals surface area contributed by atoms with Crippen molar-refractivity contribution in [1.29, 1.82) is 0 Å². The predicted molar refractivity (Wildman–Crippen MR) is 99.9 cm³/mol. The van der Waals surface area contributed by atoms with Gasteiger partial charge in [0.1, 0.15) is 49.0 Å². The molecule has 0 aromatic heterocycles. The van der Waals surface area contributed by atoms with Crippen LogP contribution in [0.15, 0.2) is 24.3 Å². The number of hydrogen-bond donors (Lipinski definition) is 8. The number of esters is 1. The fourth-order valence-electron chi connectivity index (χ4n) is 3.55. The van der Waals surface area contributed by atoms with Crippen LogP contribution in [0.4, 0.5) is 0 Å². The molecule has 2 heterocycles. The number of phenolic OH excluding ortho intramolecular Hbond substituents is 1. The zero-order valence-corrected chi connectivity index (χ0v) is 16.7. The summed E-state index contributed by atoms with van der Waals surface area (Å²) >= 11 is 0. The largest absolute Gasteiger partial charge is 0.508 e. The lowest BCUT2D eigenvalue weighted by Gasteiger charge is -2.44. The van der Waals surface area contributed by atoms with Gasteiger partial charge in [-0.1, -0.05) is 0 Å². The Kier molecular flexibility index (Phi) is 7.67. The number of phenols is 1. The molecule has 1 aromatic rings. The second kappa shape index (κ2) is 9.93. The monoisotopic (exact) mass is 462 g/mol. The smallest absolute Gasteiger partial charge is 0.338 e. The fraction of sp³-hybridized carbons (Fsp3) is 0.632. The third-order valence-corrected chi connectivity index (χ3v) is 5.39. The standard InChI is InChI=1S/C19H26O13/c20-5-10-12(24)15(30-17(28)8-1-3-9(23)4-2-8)14(26)18(29-10)32-19(7-22)16(27)13(25)11(6-21)31-19/h1-4,10-16,18,20-27H,5-7H2/t10-,11-,12-,13-,14-,15+,16+,18-,19+/m1/s1. The third kappa shape index (κ3) is 4.58. The van der Waals surface area contributed by atoms with E-state index in [9.17, 15) is 45.6 Å². The van der Waals surface area contributed by atoms with Gasteiger partial charge >= 0.3 is 5.97 Å². The molecule has 1 aromatic carbocycles. The van der Waals surface area contributed by atoms with E-state index in [1.165, 1.54) is 24.3 Å². The Hall–Kier alpha value is -1.91. The maximum absolute atomic E-state index is 12.4. The number of aromatic hydroxyl groups is 1. The number of rotatable bonds is 7. The quantitative estimate of drug-likeness (QED) is 0.183. The van der Waals surface area contributed by atoms with Crippen molar-refractivity contribution in [2.75, 3.05) is 19.8 Å². The van der Waals surface area contributed by atoms with Gasteiger partial charge < -0.3 is 59.8 Å². The third-order valence-electron chi connectivity index (χ3n) is 5.39. The zero-order chi connectivity index (χ0) is 23.6. The molecule has 2 aliphatic heterocycles. The lowest BCUT2D eigenvalue weighted by molar-refractivity contribution is -0.383. The Bertz CT molecular complexity index is 773. The second-order valence-corrected chi connectivity index (χ2v) is 7.49. The first-order chi connectivity index (χ1) is 15.2. The van der Waals surface area contributed by atoms with E-state index in [0.717, 1.165) is 0 Å². The molecule has 180 valence electrons. The van der Waals surface area contributed by atoms with Crippen LogP contribution in [-0.2, 0) is 18.9 Å². The Morgan fingerprint density at radius 3 is 2.09 bits per heavy atom. The van der Waals surface area contributed by atoms with E-state index in [2.05, 4.69) is 0 Å². The minimum atomic E-state index is -2.33. The van der Waals surface area contributed by atoms with Gasteiger partial charge in [-0.05, 0) is 24.3 Å². The maximum Gasteiger partial charge on any atom is 0.338 e. The Morgan fingerprint density at radius 1 is 0.938 bits per heavy atom. The molecule has 0 amide bonds.